The number of ketones is 1. The average molecular weight is 462 g/mol. The first kappa shape index (κ1) is 25.6. The molecular formula is C25H35NO3S2. The summed E-state index contributed by atoms with van der Waals surface area (Å²) in [6.45, 7) is 10.4. The molecule has 4 nitrogen and oxygen atoms in total. The highest BCUT2D eigenvalue weighted by Gasteiger charge is 2.39. The Kier molecular flexibility index (Phi) is 9.34. The van der Waals surface area contributed by atoms with Crippen molar-refractivity contribution in [2.75, 3.05) is 7.11 Å². The summed E-state index contributed by atoms with van der Waals surface area (Å²) in [6, 6.07) is 10.7. The largest absolute Gasteiger partial charge is 0.469 e. The minimum Gasteiger partial charge on any atom is -0.469 e. The van der Waals surface area contributed by atoms with Gasteiger partial charge in [-0.1, -0.05) is 50.1 Å². The van der Waals surface area contributed by atoms with Gasteiger partial charge >= 0.3 is 5.97 Å². The molecule has 31 heavy (non-hydrogen) atoms. The molecule has 1 N–H and O–H groups in total. The van der Waals surface area contributed by atoms with E-state index >= 15 is 0 Å². The third kappa shape index (κ3) is 7.19. The van der Waals surface area contributed by atoms with Crippen LogP contribution in [0.3, 0.4) is 0 Å². The normalized spacial score (nSPS) is 15.4. The van der Waals surface area contributed by atoms with Crippen molar-refractivity contribution >= 4 is 35.0 Å². The molecule has 170 valence electrons. The van der Waals surface area contributed by atoms with E-state index < -0.39 is 11.5 Å². The second-order valence-corrected chi connectivity index (χ2v) is 11.0. The summed E-state index contributed by atoms with van der Waals surface area (Å²) in [5.74, 6) is 0.0376. The molecular weight excluding hydrogens is 426 g/mol. The molecule has 3 rings (SSSR count). The van der Waals surface area contributed by atoms with E-state index in [1.54, 1.807) is 23.3 Å². The molecule has 0 bridgehead atoms. The van der Waals surface area contributed by atoms with E-state index in [-0.39, 0.29) is 23.4 Å². The zero-order chi connectivity index (χ0) is 23.1. The minimum absolute atomic E-state index is 0.0411. The number of thiophene rings is 1. The van der Waals surface area contributed by atoms with Crippen molar-refractivity contribution < 1.29 is 14.3 Å². The maximum atomic E-state index is 12.9. The number of methoxy groups -OCH3 is 1. The highest BCUT2D eigenvalue weighted by Crippen LogP contribution is 2.43. The quantitative estimate of drug-likeness (QED) is 0.264. The van der Waals surface area contributed by atoms with Gasteiger partial charge in [0.1, 0.15) is 12.2 Å². The fourth-order valence-corrected chi connectivity index (χ4v) is 4.84. The molecule has 1 aromatic heterocycles. The Bertz CT molecular complexity index is 837. The van der Waals surface area contributed by atoms with Gasteiger partial charge in [0.25, 0.3) is 0 Å². The number of ether oxygens (including phenoxy) is 1. The topological polar surface area (TPSA) is 55.4 Å². The molecule has 1 aliphatic rings. The van der Waals surface area contributed by atoms with Gasteiger partial charge in [-0.25, -0.2) is 4.72 Å². The maximum Gasteiger partial charge on any atom is 0.313 e. The highest BCUT2D eigenvalue weighted by atomic mass is 32.2. The van der Waals surface area contributed by atoms with Gasteiger partial charge in [0, 0.05) is 11.2 Å². The molecule has 0 spiro atoms. The maximum absolute atomic E-state index is 12.9. The van der Waals surface area contributed by atoms with Crippen molar-refractivity contribution in [2.45, 2.75) is 76.5 Å². The van der Waals surface area contributed by atoms with Crippen LogP contribution in [0.1, 0.15) is 82.9 Å². The monoisotopic (exact) mass is 461 g/mol. The van der Waals surface area contributed by atoms with Gasteiger partial charge in [-0.3, -0.25) is 9.59 Å². The minimum atomic E-state index is -0.703. The molecule has 2 aromatic rings. The van der Waals surface area contributed by atoms with Crippen molar-refractivity contribution in [3.63, 3.8) is 0 Å². The third-order valence-corrected chi connectivity index (χ3v) is 6.78. The number of hydrogen-bond donors (Lipinski definition) is 1. The Morgan fingerprint density at radius 1 is 1.10 bits per heavy atom. The van der Waals surface area contributed by atoms with Crippen LogP contribution >= 0.6 is 23.3 Å². The third-order valence-electron chi connectivity index (χ3n) is 5.03. The number of nitrogens with one attached hydrogen (secondary N) is 1. The van der Waals surface area contributed by atoms with Gasteiger partial charge in [0.2, 0.25) is 0 Å². The first-order chi connectivity index (χ1) is 14.7. The molecule has 0 amide bonds. The molecule has 0 aliphatic heterocycles. The second-order valence-electron chi connectivity index (χ2n) is 8.60. The smallest absolute Gasteiger partial charge is 0.313 e. The Morgan fingerprint density at radius 2 is 1.74 bits per heavy atom. The van der Waals surface area contributed by atoms with E-state index in [1.165, 1.54) is 25.5 Å². The van der Waals surface area contributed by atoms with Gasteiger partial charge in [0.15, 0.2) is 0 Å². The summed E-state index contributed by atoms with van der Waals surface area (Å²) in [5.41, 5.74) is 2.73. The lowest BCUT2D eigenvalue weighted by molar-refractivity contribution is -0.143. The van der Waals surface area contributed by atoms with Crippen LogP contribution in [0.5, 0.6) is 0 Å². The van der Waals surface area contributed by atoms with Crippen LogP contribution in [0.25, 0.3) is 0 Å². The lowest BCUT2D eigenvalue weighted by Gasteiger charge is -2.37. The average Bonchev–Trinajstić information content (AvgIpc) is 3.45. The summed E-state index contributed by atoms with van der Waals surface area (Å²) in [7, 11) is 1.31. The van der Waals surface area contributed by atoms with Crippen molar-refractivity contribution in [1.82, 2.24) is 4.72 Å². The predicted molar refractivity (Wildman–Crippen MR) is 132 cm³/mol. The van der Waals surface area contributed by atoms with Crippen LogP contribution in [-0.4, -0.2) is 23.6 Å². The first-order valence-electron chi connectivity index (χ1n) is 10.9. The van der Waals surface area contributed by atoms with E-state index in [4.69, 9.17) is 4.74 Å². The van der Waals surface area contributed by atoms with E-state index in [0.29, 0.717) is 5.92 Å². The van der Waals surface area contributed by atoms with Crippen molar-refractivity contribution in [2.24, 2.45) is 0 Å². The fraction of sp³-hybridized carbons (Fsp3) is 0.520. The molecule has 0 saturated heterocycles. The zero-order valence-corrected chi connectivity index (χ0v) is 21.1. The van der Waals surface area contributed by atoms with Crippen LogP contribution in [0.2, 0.25) is 0 Å². The number of esters is 1. The number of hydrogen-bond acceptors (Lipinski definition) is 6. The lowest BCUT2D eigenvalue weighted by atomic mass is 9.80. The van der Waals surface area contributed by atoms with E-state index in [0.717, 1.165) is 11.1 Å². The summed E-state index contributed by atoms with van der Waals surface area (Å²) in [4.78, 5) is 24.6. The van der Waals surface area contributed by atoms with Crippen LogP contribution in [-0.2, 0) is 19.9 Å². The molecule has 1 aromatic carbocycles. The standard InChI is InChI=1S/C23H29NO3S2.C2H6/c1-22(2,3)29-24-23(19-11-12-28-15-19,14-20(25)13-21(26)27-4)18-9-7-17(8-10-18)16-5-6-16;1-2/h7-12,15-16,24H,5-6,13-14H2,1-4H3;1-2H3. The molecule has 0 radical (unpaired) electrons. The summed E-state index contributed by atoms with van der Waals surface area (Å²) >= 11 is 3.22. The Hall–Kier alpha value is -1.63. The SMILES string of the molecule is CC.COC(=O)CC(=O)CC(NSC(C)(C)C)(c1ccc(C2CC2)cc1)c1ccsc1. The molecule has 1 saturated carbocycles. The summed E-state index contributed by atoms with van der Waals surface area (Å²) < 4.78 is 8.30. The number of rotatable bonds is 9. The number of benzene rings is 1. The molecule has 1 fully saturated rings. The molecule has 6 heteroatoms. The summed E-state index contributed by atoms with van der Waals surface area (Å²) in [6.07, 6.45) is 2.48. The van der Waals surface area contributed by atoms with Gasteiger partial charge in [0.05, 0.1) is 12.6 Å². The van der Waals surface area contributed by atoms with Crippen LogP contribution in [0.15, 0.2) is 41.1 Å². The van der Waals surface area contributed by atoms with Gasteiger partial charge in [-0.2, -0.15) is 11.3 Å². The zero-order valence-electron chi connectivity index (χ0n) is 19.5. The Labute approximate surface area is 195 Å². The van der Waals surface area contributed by atoms with Gasteiger partial charge in [-0.05, 0) is 73.0 Å². The van der Waals surface area contributed by atoms with Gasteiger partial charge < -0.3 is 4.74 Å². The fourth-order valence-electron chi connectivity index (χ4n) is 3.32. The highest BCUT2D eigenvalue weighted by molar-refractivity contribution is 7.98. The Balaban J connectivity index is 0.00000166. The van der Waals surface area contributed by atoms with Crippen LogP contribution in [0, 0.1) is 0 Å². The van der Waals surface area contributed by atoms with Crippen LogP contribution in [0.4, 0.5) is 0 Å². The number of carbonyl (C=O) groups is 2. The van der Waals surface area contributed by atoms with E-state index in [9.17, 15) is 9.59 Å². The van der Waals surface area contributed by atoms with Crippen molar-refractivity contribution in [1.29, 1.82) is 0 Å². The number of Topliss-reactive ketones (excluding diaryl/α,β-unsaturated/α-hetero) is 1. The van der Waals surface area contributed by atoms with Crippen molar-refractivity contribution in [3.05, 3.63) is 57.8 Å². The second kappa shape index (κ2) is 11.3. The lowest BCUT2D eigenvalue weighted by Crippen LogP contribution is -2.43. The van der Waals surface area contributed by atoms with E-state index in [2.05, 4.69) is 61.2 Å². The predicted octanol–water partition coefficient (Wildman–Crippen LogP) is 6.45. The van der Waals surface area contributed by atoms with Gasteiger partial charge in [-0.15, -0.1) is 0 Å². The van der Waals surface area contributed by atoms with Crippen molar-refractivity contribution in [3.8, 4) is 0 Å². The molecule has 1 heterocycles. The Morgan fingerprint density at radius 3 is 2.23 bits per heavy atom. The molecule has 1 unspecified atom stereocenters. The molecule has 1 aliphatic carbocycles. The van der Waals surface area contributed by atoms with E-state index in [1.807, 2.05) is 19.2 Å². The summed E-state index contributed by atoms with van der Waals surface area (Å²) in [5, 5.41) is 4.10. The number of carbonyl (C=O) groups excluding carboxylic acids is 2. The first-order valence-corrected chi connectivity index (χ1v) is 12.7. The van der Waals surface area contributed by atoms with Crippen LogP contribution < -0.4 is 4.72 Å². The molecule has 1 atom stereocenters.